The zero-order valence-corrected chi connectivity index (χ0v) is 17.1. The highest BCUT2D eigenvalue weighted by Gasteiger charge is 2.52. The third kappa shape index (κ3) is 4.69. The molecular formula is C22H38O5. The Morgan fingerprint density at radius 2 is 1.74 bits per heavy atom. The lowest BCUT2D eigenvalue weighted by atomic mass is 9.65. The quantitative estimate of drug-likeness (QED) is 0.722. The SMILES string of the molecule is CC1C(OCCOC2CCCCC2)OC2OC(C)(O)CCC3CCCC1C32. The van der Waals surface area contributed by atoms with E-state index >= 15 is 0 Å². The summed E-state index contributed by atoms with van der Waals surface area (Å²) in [6.07, 6.45) is 11.5. The molecule has 0 amide bonds. The minimum atomic E-state index is -1.10. The van der Waals surface area contributed by atoms with Gasteiger partial charge in [0.25, 0.3) is 0 Å². The molecule has 1 N–H and O–H groups in total. The van der Waals surface area contributed by atoms with E-state index in [9.17, 15) is 5.11 Å². The highest BCUT2D eigenvalue weighted by atomic mass is 16.8. The van der Waals surface area contributed by atoms with E-state index in [2.05, 4.69) is 6.92 Å². The van der Waals surface area contributed by atoms with Gasteiger partial charge < -0.3 is 24.1 Å². The maximum Gasteiger partial charge on any atom is 0.167 e. The van der Waals surface area contributed by atoms with Gasteiger partial charge in [-0.2, -0.15) is 0 Å². The molecule has 5 nitrogen and oxygen atoms in total. The van der Waals surface area contributed by atoms with Crippen LogP contribution in [0.5, 0.6) is 0 Å². The van der Waals surface area contributed by atoms with Crippen LogP contribution in [-0.4, -0.2) is 42.8 Å². The lowest BCUT2D eigenvalue weighted by Crippen LogP contribution is -2.53. The van der Waals surface area contributed by atoms with E-state index in [1.54, 1.807) is 6.92 Å². The van der Waals surface area contributed by atoms with Crippen molar-refractivity contribution in [3.8, 4) is 0 Å². The predicted molar refractivity (Wildman–Crippen MR) is 102 cm³/mol. The zero-order valence-electron chi connectivity index (χ0n) is 17.1. The van der Waals surface area contributed by atoms with Crippen LogP contribution in [0.25, 0.3) is 0 Å². The standard InChI is InChI=1S/C22H38O5/c1-15-18-10-6-7-16-11-12-22(2,23)27-21(19(16)18)26-20(15)25-14-13-24-17-8-4-3-5-9-17/h15-21,23H,3-14H2,1-2H3. The van der Waals surface area contributed by atoms with Crippen molar-refractivity contribution in [2.24, 2.45) is 23.7 Å². The van der Waals surface area contributed by atoms with Crippen LogP contribution in [0, 0.1) is 23.7 Å². The first-order valence-corrected chi connectivity index (χ1v) is 11.3. The molecule has 2 saturated carbocycles. The van der Waals surface area contributed by atoms with Gasteiger partial charge in [-0.1, -0.05) is 32.6 Å². The molecule has 2 saturated heterocycles. The molecule has 4 rings (SSSR count). The summed E-state index contributed by atoms with van der Waals surface area (Å²) in [5.74, 6) is 0.805. The number of hydrogen-bond acceptors (Lipinski definition) is 5. The first-order chi connectivity index (χ1) is 13.0. The normalized spacial score (nSPS) is 45.9. The number of hydrogen-bond donors (Lipinski definition) is 1. The Kier molecular flexibility index (Phi) is 6.44. The molecule has 2 aliphatic carbocycles. The molecule has 4 aliphatic rings. The first-order valence-electron chi connectivity index (χ1n) is 11.3. The lowest BCUT2D eigenvalue weighted by molar-refractivity contribution is -0.369. The zero-order chi connectivity index (χ0) is 18.9. The van der Waals surface area contributed by atoms with Crippen molar-refractivity contribution in [3.05, 3.63) is 0 Å². The van der Waals surface area contributed by atoms with Gasteiger partial charge in [0.05, 0.1) is 19.3 Å². The second-order valence-corrected chi connectivity index (χ2v) is 9.50. The van der Waals surface area contributed by atoms with Crippen LogP contribution in [0.2, 0.25) is 0 Å². The van der Waals surface area contributed by atoms with Crippen LogP contribution in [0.4, 0.5) is 0 Å². The van der Waals surface area contributed by atoms with Crippen LogP contribution in [0.3, 0.4) is 0 Å². The van der Waals surface area contributed by atoms with E-state index in [0.717, 1.165) is 6.42 Å². The topological polar surface area (TPSA) is 57.2 Å². The lowest BCUT2D eigenvalue weighted by Gasteiger charge is -2.50. The van der Waals surface area contributed by atoms with Gasteiger partial charge in [0, 0.05) is 18.3 Å². The van der Waals surface area contributed by atoms with Gasteiger partial charge in [0.15, 0.2) is 18.4 Å². The summed E-state index contributed by atoms with van der Waals surface area (Å²) in [4.78, 5) is 0. The highest BCUT2D eigenvalue weighted by molar-refractivity contribution is 4.93. The highest BCUT2D eigenvalue weighted by Crippen LogP contribution is 2.51. The van der Waals surface area contributed by atoms with Crippen molar-refractivity contribution in [3.63, 3.8) is 0 Å². The summed E-state index contributed by atoms with van der Waals surface area (Å²) in [7, 11) is 0. The van der Waals surface area contributed by atoms with Crippen molar-refractivity contribution in [1.82, 2.24) is 0 Å². The van der Waals surface area contributed by atoms with E-state index in [1.165, 1.54) is 51.4 Å². The Bertz CT molecular complexity index is 475. The smallest absolute Gasteiger partial charge is 0.167 e. The second kappa shape index (κ2) is 8.66. The maximum atomic E-state index is 10.6. The average Bonchev–Trinajstić information content (AvgIpc) is 2.80. The van der Waals surface area contributed by atoms with E-state index < -0.39 is 5.79 Å². The monoisotopic (exact) mass is 382 g/mol. The molecule has 2 heterocycles. The van der Waals surface area contributed by atoms with Gasteiger partial charge in [0.2, 0.25) is 0 Å². The number of ether oxygens (including phenoxy) is 4. The molecule has 0 radical (unpaired) electrons. The van der Waals surface area contributed by atoms with E-state index in [0.29, 0.717) is 49.4 Å². The van der Waals surface area contributed by atoms with Crippen LogP contribution in [-0.2, 0) is 18.9 Å². The summed E-state index contributed by atoms with van der Waals surface area (Å²) < 4.78 is 24.5. The third-order valence-corrected chi connectivity index (χ3v) is 7.46. The van der Waals surface area contributed by atoms with Crippen molar-refractivity contribution < 1.29 is 24.1 Å². The third-order valence-electron chi connectivity index (χ3n) is 7.46. The minimum Gasteiger partial charge on any atom is -0.376 e. The molecular weight excluding hydrogens is 344 g/mol. The number of aliphatic hydroxyl groups is 1. The Balaban J connectivity index is 1.33. The van der Waals surface area contributed by atoms with Gasteiger partial charge in [-0.25, -0.2) is 0 Å². The first kappa shape index (κ1) is 20.1. The fraction of sp³-hybridized carbons (Fsp3) is 1.00. The van der Waals surface area contributed by atoms with Gasteiger partial charge >= 0.3 is 0 Å². The molecule has 0 aromatic heterocycles. The molecule has 7 atom stereocenters. The van der Waals surface area contributed by atoms with Gasteiger partial charge in [0.1, 0.15) is 0 Å². The molecule has 27 heavy (non-hydrogen) atoms. The van der Waals surface area contributed by atoms with Crippen LogP contribution in [0.1, 0.15) is 78.1 Å². The van der Waals surface area contributed by atoms with Crippen molar-refractivity contribution in [1.29, 1.82) is 0 Å². The number of rotatable bonds is 5. The molecule has 0 aromatic carbocycles. The summed E-state index contributed by atoms with van der Waals surface area (Å²) in [6, 6.07) is 0. The maximum absolute atomic E-state index is 10.6. The molecule has 5 heteroatoms. The minimum absolute atomic E-state index is 0.265. The molecule has 0 bridgehead atoms. The summed E-state index contributed by atoms with van der Waals surface area (Å²) >= 11 is 0. The molecule has 0 spiro atoms. The Morgan fingerprint density at radius 3 is 2.56 bits per heavy atom. The van der Waals surface area contributed by atoms with Gasteiger partial charge in [-0.15, -0.1) is 0 Å². The Morgan fingerprint density at radius 1 is 0.963 bits per heavy atom. The molecule has 4 fully saturated rings. The van der Waals surface area contributed by atoms with Crippen molar-refractivity contribution in [2.45, 2.75) is 103 Å². The van der Waals surface area contributed by atoms with Crippen molar-refractivity contribution in [2.75, 3.05) is 13.2 Å². The summed E-state index contributed by atoms with van der Waals surface area (Å²) in [5, 5.41) is 10.6. The predicted octanol–water partition coefficient (Wildman–Crippen LogP) is 4.22. The Hall–Kier alpha value is -0.200. The fourth-order valence-electron chi connectivity index (χ4n) is 5.94. The van der Waals surface area contributed by atoms with Gasteiger partial charge in [-0.3, -0.25) is 0 Å². The van der Waals surface area contributed by atoms with Crippen molar-refractivity contribution >= 4 is 0 Å². The van der Waals surface area contributed by atoms with Crippen LogP contribution in [0.15, 0.2) is 0 Å². The molecule has 2 aliphatic heterocycles. The molecule has 0 aromatic rings. The summed E-state index contributed by atoms with van der Waals surface area (Å²) in [5.41, 5.74) is 0. The fourth-order valence-corrected chi connectivity index (χ4v) is 5.94. The van der Waals surface area contributed by atoms with E-state index in [-0.39, 0.29) is 12.6 Å². The van der Waals surface area contributed by atoms with Crippen LogP contribution >= 0.6 is 0 Å². The molecule has 156 valence electrons. The molecule has 7 unspecified atom stereocenters. The summed E-state index contributed by atoms with van der Waals surface area (Å²) in [6.45, 7) is 5.24. The Labute approximate surface area is 164 Å². The van der Waals surface area contributed by atoms with Gasteiger partial charge in [-0.05, 0) is 50.9 Å². The second-order valence-electron chi connectivity index (χ2n) is 9.50. The van der Waals surface area contributed by atoms with E-state index in [4.69, 9.17) is 18.9 Å². The van der Waals surface area contributed by atoms with E-state index in [1.807, 2.05) is 0 Å². The largest absolute Gasteiger partial charge is 0.376 e. The van der Waals surface area contributed by atoms with Crippen LogP contribution < -0.4 is 0 Å². The average molecular weight is 383 g/mol.